The summed E-state index contributed by atoms with van der Waals surface area (Å²) < 4.78 is 7.24. The van der Waals surface area contributed by atoms with E-state index >= 15 is 0 Å². The highest BCUT2D eigenvalue weighted by Gasteiger charge is 2.30. The first-order valence-electron chi connectivity index (χ1n) is 8.35. The molecular formula is C19H17N3O2. The van der Waals surface area contributed by atoms with Crippen LogP contribution in [0.5, 0.6) is 5.88 Å². The van der Waals surface area contributed by atoms with E-state index in [0.717, 1.165) is 53.0 Å². The topological polar surface area (TPSA) is 56.5 Å². The third-order valence-corrected chi connectivity index (χ3v) is 4.99. The van der Waals surface area contributed by atoms with Gasteiger partial charge in [0.15, 0.2) is 17.3 Å². The van der Waals surface area contributed by atoms with Crippen molar-refractivity contribution in [2.75, 3.05) is 7.11 Å². The van der Waals surface area contributed by atoms with Crippen LogP contribution in [0, 0.1) is 0 Å². The molecule has 0 saturated heterocycles. The highest BCUT2D eigenvalue weighted by atomic mass is 16.5. The summed E-state index contributed by atoms with van der Waals surface area (Å²) >= 11 is 0. The molecule has 2 heterocycles. The Hall–Kier alpha value is -2.69. The Morgan fingerprint density at radius 2 is 1.92 bits per heavy atom. The molecule has 0 spiro atoms. The van der Waals surface area contributed by atoms with Gasteiger partial charge in [-0.25, -0.2) is 4.98 Å². The number of rotatable bonds is 3. The number of ketones is 1. The summed E-state index contributed by atoms with van der Waals surface area (Å²) in [4.78, 5) is 16.9. The molecule has 0 radical (unpaired) electrons. The molecule has 1 aromatic carbocycles. The average Bonchev–Trinajstić information content (AvgIpc) is 3.25. The predicted molar refractivity (Wildman–Crippen MR) is 89.6 cm³/mol. The summed E-state index contributed by atoms with van der Waals surface area (Å²) in [5.41, 5.74) is 4.89. The lowest BCUT2D eigenvalue weighted by atomic mass is 9.97. The molecule has 0 unspecified atom stereocenters. The van der Waals surface area contributed by atoms with Crippen molar-refractivity contribution < 1.29 is 9.53 Å². The van der Waals surface area contributed by atoms with Crippen LogP contribution >= 0.6 is 0 Å². The van der Waals surface area contributed by atoms with Crippen LogP contribution in [0.2, 0.25) is 0 Å². The number of methoxy groups -OCH3 is 1. The summed E-state index contributed by atoms with van der Waals surface area (Å²) in [6.45, 7) is 0. The number of carbonyl (C=O) groups excluding carboxylic acids is 1. The zero-order chi connectivity index (χ0) is 16.3. The van der Waals surface area contributed by atoms with Gasteiger partial charge < -0.3 is 4.74 Å². The maximum absolute atomic E-state index is 12.1. The number of fused-ring (bicyclic) bond motifs is 2. The SMILES string of the molecule is COc1ccc(-c2cccc3c2CCC3=O)c2nc(C3CC3)nn12. The van der Waals surface area contributed by atoms with Crippen molar-refractivity contribution in [1.82, 2.24) is 14.6 Å². The third-order valence-electron chi connectivity index (χ3n) is 4.99. The van der Waals surface area contributed by atoms with Gasteiger partial charge in [0.2, 0.25) is 5.88 Å². The Morgan fingerprint density at radius 3 is 2.71 bits per heavy atom. The molecule has 2 aliphatic rings. The van der Waals surface area contributed by atoms with E-state index < -0.39 is 0 Å². The van der Waals surface area contributed by atoms with Crippen LogP contribution in [0.4, 0.5) is 0 Å². The maximum Gasteiger partial charge on any atom is 0.216 e. The molecule has 0 aliphatic heterocycles. The molecule has 1 saturated carbocycles. The first kappa shape index (κ1) is 13.7. The molecule has 3 aromatic rings. The number of Topliss-reactive ketones (excluding diaryl/α,β-unsaturated/α-hetero) is 1. The third kappa shape index (κ3) is 1.90. The minimum Gasteiger partial charge on any atom is -0.481 e. The highest BCUT2D eigenvalue weighted by Crippen LogP contribution is 2.40. The van der Waals surface area contributed by atoms with Crippen LogP contribution in [-0.4, -0.2) is 27.5 Å². The standard InChI is InChI=1S/C19H17N3O2/c1-24-17-10-8-15(19-20-18(11-5-6-11)21-22(17)19)12-3-2-4-14-13(12)7-9-16(14)23/h2-4,8,10-11H,5-7,9H2,1H3. The summed E-state index contributed by atoms with van der Waals surface area (Å²) in [5, 5.41) is 4.65. The minimum atomic E-state index is 0.233. The Morgan fingerprint density at radius 1 is 1.08 bits per heavy atom. The summed E-state index contributed by atoms with van der Waals surface area (Å²) in [6.07, 6.45) is 3.71. The van der Waals surface area contributed by atoms with Crippen molar-refractivity contribution >= 4 is 11.4 Å². The molecule has 5 rings (SSSR count). The van der Waals surface area contributed by atoms with Crippen LogP contribution in [0.15, 0.2) is 30.3 Å². The zero-order valence-electron chi connectivity index (χ0n) is 13.5. The zero-order valence-corrected chi connectivity index (χ0v) is 13.5. The fourth-order valence-electron chi connectivity index (χ4n) is 3.58. The second kappa shape index (κ2) is 4.90. The largest absolute Gasteiger partial charge is 0.481 e. The number of hydrogen-bond donors (Lipinski definition) is 0. The number of nitrogens with zero attached hydrogens (tertiary/aromatic N) is 3. The van der Waals surface area contributed by atoms with E-state index in [1.165, 1.54) is 0 Å². The molecule has 24 heavy (non-hydrogen) atoms. The number of carbonyl (C=O) groups is 1. The van der Waals surface area contributed by atoms with Gasteiger partial charge in [0, 0.05) is 29.5 Å². The van der Waals surface area contributed by atoms with E-state index in [1.807, 2.05) is 24.3 Å². The lowest BCUT2D eigenvalue weighted by Gasteiger charge is -2.10. The maximum atomic E-state index is 12.1. The Kier molecular flexibility index (Phi) is 2.80. The molecule has 0 bridgehead atoms. The van der Waals surface area contributed by atoms with Gasteiger partial charge in [-0.2, -0.15) is 4.52 Å². The van der Waals surface area contributed by atoms with Gasteiger partial charge in [0.25, 0.3) is 0 Å². The number of aromatic nitrogens is 3. The van der Waals surface area contributed by atoms with Gasteiger partial charge >= 0.3 is 0 Å². The monoisotopic (exact) mass is 319 g/mol. The molecule has 5 nitrogen and oxygen atoms in total. The van der Waals surface area contributed by atoms with Crippen LogP contribution in [0.3, 0.4) is 0 Å². The fraction of sp³-hybridized carbons (Fsp3) is 0.316. The van der Waals surface area contributed by atoms with Crippen LogP contribution in [0.1, 0.15) is 46.9 Å². The Labute approximate surface area is 139 Å². The normalized spacial score (nSPS) is 16.6. The van der Waals surface area contributed by atoms with Crippen LogP contribution < -0.4 is 4.74 Å². The number of ether oxygens (including phenoxy) is 1. The molecule has 5 heteroatoms. The molecule has 2 aliphatic carbocycles. The molecule has 2 aromatic heterocycles. The lowest BCUT2D eigenvalue weighted by Crippen LogP contribution is -1.99. The van der Waals surface area contributed by atoms with Gasteiger partial charge in [0.05, 0.1) is 7.11 Å². The van der Waals surface area contributed by atoms with E-state index in [2.05, 4.69) is 11.2 Å². The van der Waals surface area contributed by atoms with Crippen molar-refractivity contribution in [3.05, 3.63) is 47.3 Å². The predicted octanol–water partition coefficient (Wildman–Crippen LogP) is 3.41. The van der Waals surface area contributed by atoms with Gasteiger partial charge in [0.1, 0.15) is 0 Å². The summed E-state index contributed by atoms with van der Waals surface area (Å²) in [7, 11) is 1.64. The average molecular weight is 319 g/mol. The van der Waals surface area contributed by atoms with Crippen LogP contribution in [0.25, 0.3) is 16.8 Å². The van der Waals surface area contributed by atoms with Crippen molar-refractivity contribution in [1.29, 1.82) is 0 Å². The van der Waals surface area contributed by atoms with Gasteiger partial charge in [-0.05, 0) is 36.5 Å². The first-order valence-corrected chi connectivity index (χ1v) is 8.35. The number of benzene rings is 1. The number of hydrogen-bond acceptors (Lipinski definition) is 4. The molecule has 0 atom stereocenters. The van der Waals surface area contributed by atoms with Crippen molar-refractivity contribution in [3.8, 4) is 17.0 Å². The highest BCUT2D eigenvalue weighted by molar-refractivity contribution is 6.03. The van der Waals surface area contributed by atoms with Gasteiger partial charge in [-0.1, -0.05) is 18.2 Å². The van der Waals surface area contributed by atoms with E-state index in [0.29, 0.717) is 18.2 Å². The lowest BCUT2D eigenvalue weighted by molar-refractivity contribution is 0.0994. The summed E-state index contributed by atoms with van der Waals surface area (Å²) in [6, 6.07) is 9.90. The Bertz CT molecular complexity index is 986. The van der Waals surface area contributed by atoms with Crippen molar-refractivity contribution in [2.24, 2.45) is 0 Å². The number of pyridine rings is 1. The van der Waals surface area contributed by atoms with E-state index in [4.69, 9.17) is 9.72 Å². The van der Waals surface area contributed by atoms with Crippen molar-refractivity contribution in [3.63, 3.8) is 0 Å². The molecular weight excluding hydrogens is 302 g/mol. The molecule has 120 valence electrons. The first-order chi connectivity index (χ1) is 11.8. The van der Waals surface area contributed by atoms with E-state index in [-0.39, 0.29) is 5.78 Å². The minimum absolute atomic E-state index is 0.233. The van der Waals surface area contributed by atoms with Crippen molar-refractivity contribution in [2.45, 2.75) is 31.6 Å². The quantitative estimate of drug-likeness (QED) is 0.742. The Balaban J connectivity index is 1.77. The van der Waals surface area contributed by atoms with Gasteiger partial charge in [-0.15, -0.1) is 5.10 Å². The smallest absolute Gasteiger partial charge is 0.216 e. The fourth-order valence-corrected chi connectivity index (χ4v) is 3.58. The second-order valence-corrected chi connectivity index (χ2v) is 6.52. The molecule has 0 amide bonds. The molecule has 1 fully saturated rings. The van der Waals surface area contributed by atoms with E-state index in [1.54, 1.807) is 11.6 Å². The summed E-state index contributed by atoms with van der Waals surface area (Å²) in [5.74, 6) is 2.28. The van der Waals surface area contributed by atoms with Crippen LogP contribution in [-0.2, 0) is 6.42 Å². The van der Waals surface area contributed by atoms with E-state index in [9.17, 15) is 4.79 Å². The second-order valence-electron chi connectivity index (χ2n) is 6.52. The molecule has 0 N–H and O–H groups in total. The van der Waals surface area contributed by atoms with Gasteiger partial charge in [-0.3, -0.25) is 4.79 Å².